The number of hydrogen-bond acceptors (Lipinski definition) is 5. The maximum absolute atomic E-state index is 5.74. The molecule has 5 nitrogen and oxygen atoms in total. The molecule has 4 rings (SSSR count). The molecule has 1 saturated heterocycles. The fraction of sp³-hybridized carbons (Fsp3) is 0.348. The van der Waals surface area contributed by atoms with Gasteiger partial charge >= 0.3 is 0 Å². The van der Waals surface area contributed by atoms with Crippen LogP contribution < -0.4 is 4.80 Å². The van der Waals surface area contributed by atoms with Crippen molar-refractivity contribution >= 4 is 17.6 Å². The SMILES string of the molecule is Cc1cc(C)c(-c2csc(=NC[C@H]3CCCO3)n2/N=C\c2ccccn2)cc1C. The van der Waals surface area contributed by atoms with Crippen LogP contribution in [0.2, 0.25) is 0 Å². The van der Waals surface area contributed by atoms with Crippen LogP contribution in [0.25, 0.3) is 11.3 Å². The van der Waals surface area contributed by atoms with E-state index in [0.717, 1.165) is 35.6 Å². The van der Waals surface area contributed by atoms with Gasteiger partial charge < -0.3 is 4.74 Å². The fourth-order valence-corrected chi connectivity index (χ4v) is 4.32. The van der Waals surface area contributed by atoms with Crippen LogP contribution in [0.3, 0.4) is 0 Å². The van der Waals surface area contributed by atoms with Gasteiger partial charge in [0, 0.05) is 23.7 Å². The van der Waals surface area contributed by atoms with E-state index in [-0.39, 0.29) is 6.10 Å². The van der Waals surface area contributed by atoms with Gasteiger partial charge in [-0.15, -0.1) is 11.3 Å². The summed E-state index contributed by atoms with van der Waals surface area (Å²) in [5.74, 6) is 0. The fourth-order valence-electron chi connectivity index (χ4n) is 3.48. The Morgan fingerprint density at radius 3 is 2.83 bits per heavy atom. The molecule has 0 unspecified atom stereocenters. The van der Waals surface area contributed by atoms with Crippen LogP contribution >= 0.6 is 11.3 Å². The number of nitrogens with zero attached hydrogens (tertiary/aromatic N) is 4. The van der Waals surface area contributed by atoms with Crippen LogP contribution in [0, 0.1) is 20.8 Å². The first-order valence-electron chi connectivity index (χ1n) is 9.98. The molecule has 2 aromatic heterocycles. The molecule has 0 bridgehead atoms. The van der Waals surface area contributed by atoms with Crippen molar-refractivity contribution in [2.75, 3.05) is 13.2 Å². The molecule has 3 heterocycles. The second-order valence-electron chi connectivity index (χ2n) is 7.44. The summed E-state index contributed by atoms with van der Waals surface area (Å²) in [6, 6.07) is 10.3. The minimum Gasteiger partial charge on any atom is -0.376 e. The zero-order valence-corrected chi connectivity index (χ0v) is 17.9. The minimum atomic E-state index is 0.220. The molecule has 0 amide bonds. The highest BCUT2D eigenvalue weighted by Crippen LogP contribution is 2.27. The monoisotopic (exact) mass is 406 g/mol. The Morgan fingerprint density at radius 1 is 1.21 bits per heavy atom. The first-order valence-corrected chi connectivity index (χ1v) is 10.9. The van der Waals surface area contributed by atoms with Crippen molar-refractivity contribution in [3.63, 3.8) is 0 Å². The Bertz CT molecular complexity index is 1080. The Kier molecular flexibility index (Phi) is 6.02. The van der Waals surface area contributed by atoms with Crippen LogP contribution in [0.1, 0.15) is 35.2 Å². The van der Waals surface area contributed by atoms with Crippen molar-refractivity contribution in [2.24, 2.45) is 10.1 Å². The number of rotatable bonds is 5. The van der Waals surface area contributed by atoms with E-state index in [1.54, 1.807) is 23.7 Å². The first-order chi connectivity index (χ1) is 14.1. The molecular formula is C23H26N4OS. The first kappa shape index (κ1) is 19.7. The summed E-state index contributed by atoms with van der Waals surface area (Å²) in [6.45, 7) is 7.96. The number of aromatic nitrogens is 2. The zero-order valence-electron chi connectivity index (χ0n) is 17.1. The molecule has 1 aromatic carbocycles. The summed E-state index contributed by atoms with van der Waals surface area (Å²) in [7, 11) is 0. The second kappa shape index (κ2) is 8.84. The van der Waals surface area contributed by atoms with Crippen LogP contribution in [0.15, 0.2) is 52.0 Å². The largest absolute Gasteiger partial charge is 0.376 e. The summed E-state index contributed by atoms with van der Waals surface area (Å²) in [6.07, 6.45) is 5.98. The van der Waals surface area contributed by atoms with E-state index in [1.165, 1.54) is 22.3 Å². The van der Waals surface area contributed by atoms with Gasteiger partial charge in [-0.25, -0.2) is 4.68 Å². The Labute approximate surface area is 175 Å². The van der Waals surface area contributed by atoms with E-state index in [1.807, 2.05) is 22.9 Å². The van der Waals surface area contributed by atoms with E-state index in [0.29, 0.717) is 6.54 Å². The van der Waals surface area contributed by atoms with Gasteiger partial charge in [-0.3, -0.25) is 9.98 Å². The van der Waals surface area contributed by atoms with Gasteiger partial charge in [0.2, 0.25) is 4.80 Å². The lowest BCUT2D eigenvalue weighted by Crippen LogP contribution is -2.17. The second-order valence-corrected chi connectivity index (χ2v) is 8.28. The smallest absolute Gasteiger partial charge is 0.206 e. The van der Waals surface area contributed by atoms with Crippen molar-refractivity contribution in [1.82, 2.24) is 9.66 Å². The molecule has 6 heteroatoms. The number of hydrogen-bond donors (Lipinski definition) is 0. The van der Waals surface area contributed by atoms with Crippen molar-refractivity contribution in [3.8, 4) is 11.3 Å². The Hall–Kier alpha value is -2.57. The normalized spacial score (nSPS) is 17.5. The third-order valence-electron chi connectivity index (χ3n) is 5.25. The third kappa shape index (κ3) is 4.54. The molecule has 0 radical (unpaired) electrons. The average molecular weight is 407 g/mol. The Morgan fingerprint density at radius 2 is 2.07 bits per heavy atom. The lowest BCUT2D eigenvalue weighted by atomic mass is 9.99. The van der Waals surface area contributed by atoms with Gasteiger partial charge in [-0.05, 0) is 68.5 Å². The van der Waals surface area contributed by atoms with Crippen LogP contribution in [0.4, 0.5) is 0 Å². The molecule has 1 atom stereocenters. The van der Waals surface area contributed by atoms with Gasteiger partial charge in [0.25, 0.3) is 0 Å². The van der Waals surface area contributed by atoms with Crippen molar-refractivity contribution in [3.05, 3.63) is 69.1 Å². The molecule has 1 aliphatic heterocycles. The predicted octanol–water partition coefficient (Wildman–Crippen LogP) is 4.50. The topological polar surface area (TPSA) is 51.8 Å². The van der Waals surface area contributed by atoms with Crippen LogP contribution in [-0.2, 0) is 4.74 Å². The van der Waals surface area contributed by atoms with Crippen LogP contribution in [-0.4, -0.2) is 35.1 Å². The molecular weight excluding hydrogens is 380 g/mol. The molecule has 150 valence electrons. The molecule has 0 spiro atoms. The van der Waals surface area contributed by atoms with E-state index in [4.69, 9.17) is 14.8 Å². The highest BCUT2D eigenvalue weighted by molar-refractivity contribution is 7.07. The molecule has 0 saturated carbocycles. The number of pyridine rings is 1. The lowest BCUT2D eigenvalue weighted by Gasteiger charge is -2.10. The number of benzene rings is 1. The number of thiazole rings is 1. The number of aryl methyl sites for hydroxylation is 3. The maximum Gasteiger partial charge on any atom is 0.206 e. The summed E-state index contributed by atoms with van der Waals surface area (Å²) >= 11 is 1.61. The van der Waals surface area contributed by atoms with Crippen molar-refractivity contribution < 1.29 is 4.74 Å². The summed E-state index contributed by atoms with van der Waals surface area (Å²) in [5.41, 5.74) is 6.86. The highest BCUT2D eigenvalue weighted by Gasteiger charge is 2.16. The van der Waals surface area contributed by atoms with Crippen molar-refractivity contribution in [1.29, 1.82) is 0 Å². The molecule has 29 heavy (non-hydrogen) atoms. The molecule has 1 aliphatic rings. The molecule has 0 N–H and O–H groups in total. The molecule has 3 aromatic rings. The summed E-state index contributed by atoms with van der Waals surface area (Å²) < 4.78 is 7.67. The van der Waals surface area contributed by atoms with Gasteiger partial charge in [0.1, 0.15) is 0 Å². The predicted molar refractivity (Wildman–Crippen MR) is 119 cm³/mol. The van der Waals surface area contributed by atoms with Crippen molar-refractivity contribution in [2.45, 2.75) is 39.7 Å². The number of ether oxygens (including phenoxy) is 1. The van der Waals surface area contributed by atoms with Gasteiger partial charge in [0.05, 0.1) is 30.3 Å². The third-order valence-corrected chi connectivity index (χ3v) is 6.10. The van der Waals surface area contributed by atoms with Gasteiger partial charge in [0.15, 0.2) is 0 Å². The van der Waals surface area contributed by atoms with Crippen LogP contribution in [0.5, 0.6) is 0 Å². The maximum atomic E-state index is 5.74. The molecule has 0 aliphatic carbocycles. The average Bonchev–Trinajstić information content (AvgIpc) is 3.38. The lowest BCUT2D eigenvalue weighted by molar-refractivity contribution is 0.117. The minimum absolute atomic E-state index is 0.220. The quantitative estimate of drug-likeness (QED) is 0.586. The highest BCUT2D eigenvalue weighted by atomic mass is 32.1. The van der Waals surface area contributed by atoms with Gasteiger partial charge in [-0.1, -0.05) is 12.1 Å². The summed E-state index contributed by atoms with van der Waals surface area (Å²) in [4.78, 5) is 10.1. The summed E-state index contributed by atoms with van der Waals surface area (Å²) in [5, 5.41) is 6.90. The molecule has 1 fully saturated rings. The van der Waals surface area contributed by atoms with Gasteiger partial charge in [-0.2, -0.15) is 5.10 Å². The van der Waals surface area contributed by atoms with E-state index < -0.39 is 0 Å². The standard InChI is InChI=1S/C23H26N4OS/c1-16-11-18(3)21(12-17(16)2)22-15-29-23(25-14-20-8-6-10-28-20)27(22)26-13-19-7-4-5-9-24-19/h4-5,7,9,11-13,15,20H,6,8,10,14H2,1-3H3/b25-23?,26-13-/t20-/m1/s1. The van der Waals surface area contributed by atoms with E-state index in [9.17, 15) is 0 Å². The van der Waals surface area contributed by atoms with E-state index >= 15 is 0 Å². The Balaban J connectivity index is 1.77. The van der Waals surface area contributed by atoms with E-state index in [2.05, 4.69) is 43.3 Å². The zero-order chi connectivity index (χ0) is 20.2.